The van der Waals surface area contributed by atoms with Gasteiger partial charge in [-0.2, -0.15) is 0 Å². The summed E-state index contributed by atoms with van der Waals surface area (Å²) in [6.07, 6.45) is 0. The molecule has 0 bridgehead atoms. The number of rotatable bonds is 4. The van der Waals surface area contributed by atoms with Crippen LogP contribution >= 0.6 is 11.3 Å². The highest BCUT2D eigenvalue weighted by molar-refractivity contribution is 7.26. The summed E-state index contributed by atoms with van der Waals surface area (Å²) in [5, 5.41) is 5.17. The third-order valence-corrected chi connectivity index (χ3v) is 8.65. The molecule has 0 aliphatic rings. The van der Waals surface area contributed by atoms with Gasteiger partial charge < -0.3 is 0 Å². The van der Waals surface area contributed by atoms with Gasteiger partial charge in [-0.3, -0.25) is 0 Å². The fourth-order valence-corrected chi connectivity index (χ4v) is 6.62. The van der Waals surface area contributed by atoms with Gasteiger partial charge in [-0.1, -0.05) is 115 Å². The molecular weight excluding hydrogens is 518 g/mol. The smallest absolute Gasteiger partial charge is 0.164 e. The fourth-order valence-electron chi connectivity index (χ4n) is 5.50. The summed E-state index contributed by atoms with van der Waals surface area (Å²) in [4.78, 5) is 14.7. The molecule has 2 heterocycles. The predicted octanol–water partition coefficient (Wildman–Crippen LogP) is 10.1. The molecule has 0 saturated heterocycles. The van der Waals surface area contributed by atoms with Crippen molar-refractivity contribution in [3.63, 3.8) is 0 Å². The molecule has 0 aliphatic heterocycles. The predicted molar refractivity (Wildman–Crippen MR) is 172 cm³/mol. The summed E-state index contributed by atoms with van der Waals surface area (Å²) < 4.78 is 2.64. The van der Waals surface area contributed by atoms with E-state index in [1.165, 1.54) is 36.5 Å². The molecule has 0 N–H and O–H groups in total. The minimum Gasteiger partial charge on any atom is -0.208 e. The van der Waals surface area contributed by atoms with Crippen LogP contribution < -0.4 is 0 Å². The van der Waals surface area contributed by atoms with Crippen molar-refractivity contribution < 1.29 is 0 Å². The van der Waals surface area contributed by atoms with E-state index in [4.69, 9.17) is 15.0 Å². The van der Waals surface area contributed by atoms with E-state index < -0.39 is 0 Å². The standard InChI is InChI=1S/C37H23N3S/c1-3-10-25(11-4-1)35-38-36(26-12-5-2-6-13-26)40-37(39-35)29-15-9-14-27(22-29)28-19-18-24-20-21-33-34(31(24)23-28)30-16-7-8-17-32(30)41-33/h1-23H. The zero-order valence-electron chi connectivity index (χ0n) is 22.0. The van der Waals surface area contributed by atoms with Crippen LogP contribution in [0.25, 0.3) is 76.2 Å². The van der Waals surface area contributed by atoms with Gasteiger partial charge in [-0.25, -0.2) is 15.0 Å². The molecule has 2 aromatic heterocycles. The molecule has 0 amide bonds. The normalized spacial score (nSPS) is 11.4. The van der Waals surface area contributed by atoms with Crippen molar-refractivity contribution in [2.24, 2.45) is 0 Å². The second-order valence-electron chi connectivity index (χ2n) is 10.1. The van der Waals surface area contributed by atoms with Gasteiger partial charge in [-0.15, -0.1) is 11.3 Å². The van der Waals surface area contributed by atoms with Crippen LogP contribution in [0.2, 0.25) is 0 Å². The van der Waals surface area contributed by atoms with Gasteiger partial charge in [0, 0.05) is 36.9 Å². The van der Waals surface area contributed by atoms with E-state index in [2.05, 4.69) is 78.9 Å². The first-order valence-corrected chi connectivity index (χ1v) is 14.4. The van der Waals surface area contributed by atoms with E-state index in [9.17, 15) is 0 Å². The number of nitrogens with zero attached hydrogens (tertiary/aromatic N) is 3. The van der Waals surface area contributed by atoms with E-state index in [1.807, 2.05) is 72.0 Å². The summed E-state index contributed by atoms with van der Waals surface area (Å²) in [5.74, 6) is 1.99. The maximum absolute atomic E-state index is 4.93. The second kappa shape index (κ2) is 9.77. The average molecular weight is 542 g/mol. The molecule has 8 rings (SSSR count). The highest BCUT2D eigenvalue weighted by Gasteiger charge is 2.14. The van der Waals surface area contributed by atoms with Crippen LogP contribution in [-0.4, -0.2) is 15.0 Å². The molecule has 0 atom stereocenters. The van der Waals surface area contributed by atoms with Crippen molar-refractivity contribution in [1.29, 1.82) is 0 Å². The van der Waals surface area contributed by atoms with Crippen LogP contribution in [0.5, 0.6) is 0 Å². The second-order valence-corrected chi connectivity index (χ2v) is 11.2. The zero-order valence-corrected chi connectivity index (χ0v) is 22.8. The average Bonchev–Trinajstić information content (AvgIpc) is 3.44. The zero-order chi connectivity index (χ0) is 27.2. The highest BCUT2D eigenvalue weighted by atomic mass is 32.1. The Hall–Kier alpha value is -5.19. The molecular formula is C37H23N3S. The van der Waals surface area contributed by atoms with Gasteiger partial charge in [0.05, 0.1) is 0 Å². The van der Waals surface area contributed by atoms with Crippen molar-refractivity contribution in [3.05, 3.63) is 140 Å². The first kappa shape index (κ1) is 23.7. The summed E-state index contributed by atoms with van der Waals surface area (Å²) in [6.45, 7) is 0. The Morgan fingerprint density at radius 3 is 1.66 bits per heavy atom. The van der Waals surface area contributed by atoms with Crippen LogP contribution in [0.1, 0.15) is 0 Å². The molecule has 0 radical (unpaired) electrons. The van der Waals surface area contributed by atoms with E-state index in [-0.39, 0.29) is 0 Å². The number of aromatic nitrogens is 3. The van der Waals surface area contributed by atoms with Crippen molar-refractivity contribution in [2.45, 2.75) is 0 Å². The maximum Gasteiger partial charge on any atom is 0.164 e. The van der Waals surface area contributed by atoms with E-state index in [1.54, 1.807) is 0 Å². The largest absolute Gasteiger partial charge is 0.208 e. The Bertz CT molecular complexity index is 2140. The fraction of sp³-hybridized carbons (Fsp3) is 0. The van der Waals surface area contributed by atoms with Gasteiger partial charge in [0.2, 0.25) is 0 Å². The van der Waals surface area contributed by atoms with Crippen LogP contribution in [0, 0.1) is 0 Å². The van der Waals surface area contributed by atoms with Gasteiger partial charge in [0.25, 0.3) is 0 Å². The Morgan fingerprint density at radius 2 is 0.927 bits per heavy atom. The summed E-state index contributed by atoms with van der Waals surface area (Å²) in [5.41, 5.74) is 5.18. The van der Waals surface area contributed by atoms with Crippen LogP contribution in [0.4, 0.5) is 0 Å². The minimum atomic E-state index is 0.659. The number of hydrogen-bond acceptors (Lipinski definition) is 4. The number of thiophene rings is 1. The molecule has 0 aliphatic carbocycles. The molecule has 0 unspecified atom stereocenters. The van der Waals surface area contributed by atoms with E-state index >= 15 is 0 Å². The van der Waals surface area contributed by atoms with Crippen LogP contribution in [0.3, 0.4) is 0 Å². The first-order valence-electron chi connectivity index (χ1n) is 13.6. The van der Waals surface area contributed by atoms with Crippen molar-refractivity contribution in [2.75, 3.05) is 0 Å². The van der Waals surface area contributed by atoms with Gasteiger partial charge in [-0.05, 0) is 46.2 Å². The SMILES string of the molecule is c1ccc(-c2nc(-c3ccccc3)nc(-c3cccc(-c4ccc5ccc6sc7ccccc7c6c5c4)c3)n2)cc1. The Balaban J connectivity index is 1.28. The Kier molecular flexibility index (Phi) is 5.64. The topological polar surface area (TPSA) is 38.7 Å². The molecule has 0 spiro atoms. The van der Waals surface area contributed by atoms with Crippen molar-refractivity contribution in [1.82, 2.24) is 15.0 Å². The van der Waals surface area contributed by atoms with Crippen LogP contribution in [0.15, 0.2) is 140 Å². The quantitative estimate of drug-likeness (QED) is 0.222. The van der Waals surface area contributed by atoms with Crippen molar-refractivity contribution >= 4 is 42.3 Å². The lowest BCUT2D eigenvalue weighted by molar-refractivity contribution is 1.07. The highest BCUT2D eigenvalue weighted by Crippen LogP contribution is 2.40. The summed E-state index contributed by atoms with van der Waals surface area (Å²) in [6, 6.07) is 48.6. The Labute approximate surface area is 241 Å². The minimum absolute atomic E-state index is 0.659. The molecule has 41 heavy (non-hydrogen) atoms. The van der Waals surface area contributed by atoms with Gasteiger partial charge in [0.15, 0.2) is 17.5 Å². The Morgan fingerprint density at radius 1 is 0.366 bits per heavy atom. The maximum atomic E-state index is 4.93. The molecule has 192 valence electrons. The van der Waals surface area contributed by atoms with Crippen molar-refractivity contribution in [3.8, 4) is 45.3 Å². The number of benzene rings is 6. The van der Waals surface area contributed by atoms with Gasteiger partial charge >= 0.3 is 0 Å². The van der Waals surface area contributed by atoms with E-state index in [0.29, 0.717) is 17.5 Å². The van der Waals surface area contributed by atoms with E-state index in [0.717, 1.165) is 22.3 Å². The first-order chi connectivity index (χ1) is 20.3. The molecule has 4 heteroatoms. The summed E-state index contributed by atoms with van der Waals surface area (Å²) in [7, 11) is 0. The molecule has 8 aromatic rings. The monoisotopic (exact) mass is 541 g/mol. The molecule has 0 fully saturated rings. The van der Waals surface area contributed by atoms with Crippen LogP contribution in [-0.2, 0) is 0 Å². The molecule has 6 aromatic carbocycles. The third-order valence-electron chi connectivity index (χ3n) is 7.51. The molecule has 3 nitrogen and oxygen atoms in total. The number of fused-ring (bicyclic) bond motifs is 5. The number of hydrogen-bond donors (Lipinski definition) is 0. The summed E-state index contributed by atoms with van der Waals surface area (Å²) >= 11 is 1.85. The molecule has 0 saturated carbocycles. The lowest BCUT2D eigenvalue weighted by Gasteiger charge is -2.10. The van der Waals surface area contributed by atoms with Gasteiger partial charge in [0.1, 0.15) is 0 Å². The lowest BCUT2D eigenvalue weighted by Crippen LogP contribution is -2.00. The lowest BCUT2D eigenvalue weighted by atomic mass is 9.97. The third kappa shape index (κ3) is 4.26.